The van der Waals surface area contributed by atoms with Gasteiger partial charge in [0.05, 0.1) is 17.0 Å². The van der Waals surface area contributed by atoms with Gasteiger partial charge in [-0.25, -0.2) is 14.3 Å². The molecule has 1 aromatic carbocycles. The summed E-state index contributed by atoms with van der Waals surface area (Å²) in [5.41, 5.74) is 3.97. The standard InChI is InChI=1S/C25H30ClN3O3/c1-15-21(23(24(30)31)32-25(2,3)4)22(16-9-6-5-7-10-16)29-20(27-15)14-19(28-29)17-11-8-12-18(26)13-17/h8,11-14,16,23H,5-7,9-10H2,1-4H3,(H,30,31)/t23-/m0/s1. The lowest BCUT2D eigenvalue weighted by atomic mass is 9.83. The molecular weight excluding hydrogens is 426 g/mol. The van der Waals surface area contributed by atoms with Crippen molar-refractivity contribution >= 4 is 23.2 Å². The molecule has 1 aliphatic carbocycles. The molecule has 1 fully saturated rings. The van der Waals surface area contributed by atoms with E-state index in [1.54, 1.807) is 0 Å². The molecule has 1 aliphatic rings. The van der Waals surface area contributed by atoms with Gasteiger partial charge >= 0.3 is 5.97 Å². The SMILES string of the molecule is Cc1nc2cc(-c3cccc(Cl)c3)nn2c(C2CCCCC2)c1[C@H](OC(C)(C)C)C(=O)O. The first kappa shape index (κ1) is 22.7. The molecule has 2 heterocycles. The zero-order valence-electron chi connectivity index (χ0n) is 19.1. The van der Waals surface area contributed by atoms with Crippen LogP contribution in [0.5, 0.6) is 0 Å². The number of carboxylic acid groups (broad SMARTS) is 1. The van der Waals surface area contributed by atoms with Crippen LogP contribution in [0.15, 0.2) is 30.3 Å². The van der Waals surface area contributed by atoms with Crippen LogP contribution in [0.3, 0.4) is 0 Å². The molecule has 32 heavy (non-hydrogen) atoms. The Bertz CT molecular complexity index is 1140. The Morgan fingerprint density at radius 3 is 2.56 bits per heavy atom. The van der Waals surface area contributed by atoms with Gasteiger partial charge in [-0.15, -0.1) is 0 Å². The Balaban J connectivity index is 1.96. The third-order valence-corrected chi connectivity index (χ3v) is 6.17. The summed E-state index contributed by atoms with van der Waals surface area (Å²) in [6.07, 6.45) is 4.33. The first-order valence-electron chi connectivity index (χ1n) is 11.2. The third kappa shape index (κ3) is 4.66. The number of ether oxygens (including phenoxy) is 1. The highest BCUT2D eigenvalue weighted by Gasteiger charge is 2.35. The Morgan fingerprint density at radius 2 is 1.94 bits per heavy atom. The fourth-order valence-electron chi connectivity index (χ4n) is 4.63. The van der Waals surface area contributed by atoms with Crippen molar-refractivity contribution < 1.29 is 14.6 Å². The second kappa shape index (κ2) is 8.83. The molecule has 2 aromatic heterocycles. The number of nitrogens with zero attached hydrogens (tertiary/aromatic N) is 3. The van der Waals surface area contributed by atoms with E-state index in [2.05, 4.69) is 0 Å². The van der Waals surface area contributed by atoms with E-state index in [1.165, 1.54) is 6.42 Å². The average molecular weight is 456 g/mol. The lowest BCUT2D eigenvalue weighted by Gasteiger charge is -2.30. The minimum atomic E-state index is -1.11. The molecule has 0 spiro atoms. The molecule has 170 valence electrons. The Morgan fingerprint density at radius 1 is 1.22 bits per heavy atom. The number of carboxylic acids is 1. The minimum absolute atomic E-state index is 0.209. The molecule has 1 N–H and O–H groups in total. The van der Waals surface area contributed by atoms with Crippen LogP contribution in [0.4, 0.5) is 0 Å². The van der Waals surface area contributed by atoms with Crippen molar-refractivity contribution in [2.45, 2.75) is 77.4 Å². The van der Waals surface area contributed by atoms with Crippen molar-refractivity contribution in [3.05, 3.63) is 52.3 Å². The zero-order chi connectivity index (χ0) is 23.0. The predicted octanol–water partition coefficient (Wildman–Crippen LogP) is 6.35. The van der Waals surface area contributed by atoms with E-state index in [-0.39, 0.29) is 5.92 Å². The number of aromatic nitrogens is 3. The molecule has 3 aromatic rings. The maximum Gasteiger partial charge on any atom is 0.337 e. The van der Waals surface area contributed by atoms with Gasteiger partial charge in [0.25, 0.3) is 0 Å². The molecule has 0 unspecified atom stereocenters. The minimum Gasteiger partial charge on any atom is -0.479 e. The van der Waals surface area contributed by atoms with E-state index in [9.17, 15) is 9.90 Å². The Kier molecular flexibility index (Phi) is 6.28. The van der Waals surface area contributed by atoms with Crippen molar-refractivity contribution in [3.63, 3.8) is 0 Å². The van der Waals surface area contributed by atoms with Crippen LogP contribution in [0.2, 0.25) is 5.02 Å². The lowest BCUT2D eigenvalue weighted by molar-refractivity contribution is -0.161. The number of hydrogen-bond donors (Lipinski definition) is 1. The molecule has 4 rings (SSSR count). The maximum absolute atomic E-state index is 12.4. The fourth-order valence-corrected chi connectivity index (χ4v) is 4.82. The second-order valence-electron chi connectivity index (χ2n) is 9.59. The van der Waals surface area contributed by atoms with Gasteiger partial charge in [-0.05, 0) is 52.7 Å². The molecule has 7 heteroatoms. The molecule has 6 nitrogen and oxygen atoms in total. The molecular formula is C25H30ClN3O3. The maximum atomic E-state index is 12.4. The highest BCUT2D eigenvalue weighted by Crippen LogP contribution is 2.40. The van der Waals surface area contributed by atoms with Crippen LogP contribution >= 0.6 is 11.6 Å². The van der Waals surface area contributed by atoms with E-state index in [0.29, 0.717) is 21.9 Å². The first-order valence-corrected chi connectivity index (χ1v) is 11.6. The molecule has 1 saturated carbocycles. The van der Waals surface area contributed by atoms with E-state index in [0.717, 1.165) is 42.6 Å². The summed E-state index contributed by atoms with van der Waals surface area (Å²) in [5, 5.41) is 15.7. The van der Waals surface area contributed by atoms with Crippen LogP contribution < -0.4 is 0 Å². The van der Waals surface area contributed by atoms with Gasteiger partial charge in [-0.3, -0.25) is 0 Å². The molecule has 0 radical (unpaired) electrons. The highest BCUT2D eigenvalue weighted by molar-refractivity contribution is 6.30. The summed E-state index contributed by atoms with van der Waals surface area (Å²) < 4.78 is 7.90. The normalized spacial score (nSPS) is 16.4. The van der Waals surface area contributed by atoms with E-state index in [4.69, 9.17) is 26.4 Å². The monoisotopic (exact) mass is 455 g/mol. The van der Waals surface area contributed by atoms with Gasteiger partial charge in [-0.1, -0.05) is 43.0 Å². The quantitative estimate of drug-likeness (QED) is 0.485. The smallest absolute Gasteiger partial charge is 0.337 e. The highest BCUT2D eigenvalue weighted by atomic mass is 35.5. The lowest BCUT2D eigenvalue weighted by Crippen LogP contribution is -2.30. The topological polar surface area (TPSA) is 76.7 Å². The van der Waals surface area contributed by atoms with Gasteiger partial charge in [0, 0.05) is 33.8 Å². The number of halogens is 1. The number of carbonyl (C=O) groups is 1. The van der Waals surface area contributed by atoms with Crippen LogP contribution in [0.1, 0.15) is 81.8 Å². The Labute approximate surface area is 193 Å². The first-order chi connectivity index (χ1) is 15.1. The fraction of sp³-hybridized carbons (Fsp3) is 0.480. The number of benzene rings is 1. The zero-order valence-corrected chi connectivity index (χ0v) is 19.8. The van der Waals surface area contributed by atoms with Gasteiger partial charge in [-0.2, -0.15) is 5.10 Å². The van der Waals surface area contributed by atoms with E-state index < -0.39 is 17.7 Å². The van der Waals surface area contributed by atoms with Gasteiger partial charge in [0.15, 0.2) is 11.8 Å². The van der Waals surface area contributed by atoms with Crippen LogP contribution in [0.25, 0.3) is 16.9 Å². The summed E-state index contributed by atoms with van der Waals surface area (Å²) in [6.45, 7) is 7.48. The second-order valence-corrected chi connectivity index (χ2v) is 10.0. The van der Waals surface area contributed by atoms with Crippen molar-refractivity contribution in [1.29, 1.82) is 0 Å². The summed E-state index contributed by atoms with van der Waals surface area (Å²) >= 11 is 6.20. The van der Waals surface area contributed by atoms with Crippen molar-refractivity contribution in [1.82, 2.24) is 14.6 Å². The number of fused-ring (bicyclic) bond motifs is 1. The van der Waals surface area contributed by atoms with Crippen LogP contribution in [0, 0.1) is 6.92 Å². The van der Waals surface area contributed by atoms with Gasteiger partial charge in [0.1, 0.15) is 0 Å². The summed E-state index contributed by atoms with van der Waals surface area (Å²) in [6, 6.07) is 9.50. The largest absolute Gasteiger partial charge is 0.479 e. The van der Waals surface area contributed by atoms with Crippen LogP contribution in [-0.4, -0.2) is 31.3 Å². The van der Waals surface area contributed by atoms with Crippen molar-refractivity contribution in [3.8, 4) is 11.3 Å². The molecule has 0 aliphatic heterocycles. The summed E-state index contributed by atoms with van der Waals surface area (Å²) in [5.74, 6) is -0.802. The van der Waals surface area contributed by atoms with Gasteiger partial charge in [0.2, 0.25) is 0 Å². The number of hydrogen-bond acceptors (Lipinski definition) is 4. The third-order valence-electron chi connectivity index (χ3n) is 5.94. The molecule has 1 atom stereocenters. The molecule has 0 saturated heterocycles. The number of aliphatic carboxylic acids is 1. The number of rotatable bonds is 5. The van der Waals surface area contributed by atoms with Crippen molar-refractivity contribution in [2.24, 2.45) is 0 Å². The average Bonchev–Trinajstić information content (AvgIpc) is 3.14. The summed E-state index contributed by atoms with van der Waals surface area (Å²) in [7, 11) is 0. The predicted molar refractivity (Wildman–Crippen MR) is 125 cm³/mol. The van der Waals surface area contributed by atoms with Gasteiger partial charge < -0.3 is 9.84 Å². The number of aryl methyl sites for hydroxylation is 1. The van der Waals surface area contributed by atoms with Crippen molar-refractivity contribution in [2.75, 3.05) is 0 Å². The molecule has 0 amide bonds. The van der Waals surface area contributed by atoms with Crippen LogP contribution in [-0.2, 0) is 9.53 Å². The Hall–Kier alpha value is -2.44. The summed E-state index contributed by atoms with van der Waals surface area (Å²) in [4.78, 5) is 17.1. The molecule has 0 bridgehead atoms. The van der Waals surface area contributed by atoms with E-state index in [1.807, 2.05) is 62.5 Å². The van der Waals surface area contributed by atoms with E-state index >= 15 is 0 Å².